The Morgan fingerprint density at radius 2 is 1.57 bits per heavy atom. The van der Waals surface area contributed by atoms with Gasteiger partial charge in [-0.2, -0.15) is 0 Å². The summed E-state index contributed by atoms with van der Waals surface area (Å²) < 4.78 is 0. The lowest BCUT2D eigenvalue weighted by Gasteiger charge is -2.49. The number of nitrogens with one attached hydrogen (secondary N) is 1. The van der Waals surface area contributed by atoms with Crippen LogP contribution in [0.2, 0.25) is 0 Å². The second-order valence-corrected chi connectivity index (χ2v) is 8.71. The lowest BCUT2D eigenvalue weighted by Crippen LogP contribution is -2.63. The van der Waals surface area contributed by atoms with E-state index in [1.165, 1.54) is 32.1 Å². The lowest BCUT2D eigenvalue weighted by molar-refractivity contribution is -0.132. The van der Waals surface area contributed by atoms with E-state index in [4.69, 9.17) is 11.6 Å². The zero-order valence-electron chi connectivity index (χ0n) is 15.9. The Morgan fingerprint density at radius 1 is 1.04 bits per heavy atom. The smallest absolute Gasteiger partial charge is 0.237 e. The van der Waals surface area contributed by atoms with Gasteiger partial charge in [-0.15, -0.1) is 11.6 Å². The molecule has 0 saturated carbocycles. The third-order valence-electron chi connectivity index (χ3n) is 4.80. The van der Waals surface area contributed by atoms with Gasteiger partial charge in [0, 0.05) is 23.7 Å². The molecule has 0 atom stereocenters. The van der Waals surface area contributed by atoms with Gasteiger partial charge in [-0.3, -0.25) is 4.79 Å². The Balaban J connectivity index is 2.61. The van der Waals surface area contributed by atoms with Gasteiger partial charge in [0.05, 0.1) is 0 Å². The number of nitrogens with zero attached hydrogens (tertiary/aromatic N) is 1. The normalized spacial score (nSPS) is 20.4. The Morgan fingerprint density at radius 3 is 2.09 bits per heavy atom. The highest BCUT2D eigenvalue weighted by atomic mass is 35.5. The lowest BCUT2D eigenvalue weighted by atomic mass is 9.79. The highest BCUT2D eigenvalue weighted by Gasteiger charge is 2.40. The zero-order chi connectivity index (χ0) is 17.5. The fraction of sp³-hybridized carbons (Fsp3) is 0.947. The highest BCUT2D eigenvalue weighted by molar-refractivity contribution is 6.27. The van der Waals surface area contributed by atoms with Gasteiger partial charge in [-0.25, -0.2) is 0 Å². The molecule has 136 valence electrons. The molecule has 0 aliphatic carbocycles. The molecular weight excluding hydrogens is 308 g/mol. The summed E-state index contributed by atoms with van der Waals surface area (Å²) in [7, 11) is 0. The van der Waals surface area contributed by atoms with Crippen molar-refractivity contribution in [2.45, 2.75) is 103 Å². The first kappa shape index (κ1) is 20.8. The van der Waals surface area contributed by atoms with Crippen LogP contribution < -0.4 is 5.32 Å². The van der Waals surface area contributed by atoms with Crippen molar-refractivity contribution in [1.29, 1.82) is 0 Å². The van der Waals surface area contributed by atoms with Crippen LogP contribution in [-0.4, -0.2) is 40.4 Å². The predicted molar refractivity (Wildman–Crippen MR) is 100 cm³/mol. The largest absolute Gasteiger partial charge is 0.339 e. The van der Waals surface area contributed by atoms with Gasteiger partial charge in [0.1, 0.15) is 5.88 Å². The molecule has 1 aliphatic heterocycles. The minimum Gasteiger partial charge on any atom is -0.339 e. The summed E-state index contributed by atoms with van der Waals surface area (Å²) in [6.45, 7) is 12.0. The number of carbonyl (C=O) groups excluding carboxylic acids is 1. The Labute approximate surface area is 148 Å². The highest BCUT2D eigenvalue weighted by Crippen LogP contribution is 2.32. The van der Waals surface area contributed by atoms with Gasteiger partial charge < -0.3 is 10.2 Å². The number of piperidine rings is 1. The number of unbranched alkanes of at least 4 members (excludes halogenated alkanes) is 5. The summed E-state index contributed by atoms with van der Waals surface area (Å²) in [5.41, 5.74) is 0.108. The van der Waals surface area contributed by atoms with Gasteiger partial charge >= 0.3 is 0 Å². The van der Waals surface area contributed by atoms with E-state index in [1.54, 1.807) is 0 Å². The van der Waals surface area contributed by atoms with Gasteiger partial charge in [0.2, 0.25) is 5.91 Å². The average molecular weight is 345 g/mol. The fourth-order valence-electron chi connectivity index (χ4n) is 4.14. The predicted octanol–water partition coefficient (Wildman–Crippen LogP) is 4.72. The molecule has 1 fully saturated rings. The van der Waals surface area contributed by atoms with Crippen LogP contribution in [-0.2, 0) is 4.79 Å². The van der Waals surface area contributed by atoms with Crippen molar-refractivity contribution in [3.05, 3.63) is 0 Å². The maximum atomic E-state index is 12.4. The van der Waals surface area contributed by atoms with E-state index in [9.17, 15) is 4.79 Å². The molecule has 0 bridgehead atoms. The molecule has 1 amide bonds. The molecule has 0 unspecified atom stereocenters. The minimum atomic E-state index is 0.0540. The van der Waals surface area contributed by atoms with E-state index in [-0.39, 0.29) is 22.9 Å². The Bertz CT molecular complexity index is 352. The van der Waals surface area contributed by atoms with Gasteiger partial charge in [0.25, 0.3) is 0 Å². The molecule has 23 heavy (non-hydrogen) atoms. The third kappa shape index (κ3) is 7.43. The van der Waals surface area contributed by atoms with Crippen molar-refractivity contribution >= 4 is 17.5 Å². The molecule has 0 radical (unpaired) electrons. The van der Waals surface area contributed by atoms with E-state index >= 15 is 0 Å². The van der Waals surface area contributed by atoms with E-state index in [0.717, 1.165) is 25.8 Å². The van der Waals surface area contributed by atoms with Crippen LogP contribution in [0.4, 0.5) is 0 Å². The van der Waals surface area contributed by atoms with E-state index < -0.39 is 0 Å². The number of hydrogen-bond donors (Lipinski definition) is 1. The summed E-state index contributed by atoms with van der Waals surface area (Å²) in [6.07, 6.45) is 9.48. The van der Waals surface area contributed by atoms with Crippen molar-refractivity contribution in [1.82, 2.24) is 10.2 Å². The summed E-state index contributed by atoms with van der Waals surface area (Å²) in [5, 5.41) is 3.69. The molecule has 0 aromatic heterocycles. The zero-order valence-corrected chi connectivity index (χ0v) is 16.6. The van der Waals surface area contributed by atoms with Gasteiger partial charge in [-0.1, -0.05) is 39.0 Å². The number of amides is 1. The van der Waals surface area contributed by atoms with Crippen LogP contribution in [0.1, 0.15) is 86.0 Å². The van der Waals surface area contributed by atoms with Crippen molar-refractivity contribution in [3.63, 3.8) is 0 Å². The molecular formula is C19H37ClN2O. The van der Waals surface area contributed by atoms with E-state index in [0.29, 0.717) is 6.04 Å². The van der Waals surface area contributed by atoms with Crippen molar-refractivity contribution in [2.24, 2.45) is 0 Å². The fourth-order valence-corrected chi connectivity index (χ4v) is 4.29. The quantitative estimate of drug-likeness (QED) is 0.484. The topological polar surface area (TPSA) is 32.3 Å². The maximum absolute atomic E-state index is 12.4. The monoisotopic (exact) mass is 344 g/mol. The molecule has 1 aliphatic rings. The molecule has 1 saturated heterocycles. The molecule has 1 N–H and O–H groups in total. The first-order valence-electron chi connectivity index (χ1n) is 9.35. The first-order valence-corrected chi connectivity index (χ1v) is 9.89. The Hall–Kier alpha value is -0.280. The second kappa shape index (κ2) is 9.27. The first-order chi connectivity index (χ1) is 10.7. The summed E-state index contributed by atoms with van der Waals surface area (Å²) in [6, 6.07) is 0.295. The minimum absolute atomic E-state index is 0.0540. The number of halogens is 1. The SMILES string of the molecule is CCCCCCCCN(C(=O)CCl)C1CC(C)(C)NC(C)(C)C1. The van der Waals surface area contributed by atoms with E-state index in [1.807, 2.05) is 0 Å². The number of hydrogen-bond acceptors (Lipinski definition) is 2. The summed E-state index contributed by atoms with van der Waals surface area (Å²) in [5.74, 6) is 0.194. The standard InChI is InChI=1S/C19H37ClN2O/c1-6-7-8-9-10-11-12-22(17(23)15-20)16-13-18(2,3)21-19(4,5)14-16/h16,21H,6-15H2,1-5H3. The Kier molecular flexibility index (Phi) is 8.37. The van der Waals surface area contributed by atoms with Crippen LogP contribution in [0.5, 0.6) is 0 Å². The molecule has 0 aromatic rings. The average Bonchev–Trinajstić information content (AvgIpc) is 2.42. The third-order valence-corrected chi connectivity index (χ3v) is 5.03. The summed E-state index contributed by atoms with van der Waals surface area (Å²) >= 11 is 5.88. The van der Waals surface area contributed by atoms with Crippen LogP contribution in [0.15, 0.2) is 0 Å². The van der Waals surface area contributed by atoms with Crippen LogP contribution in [0.3, 0.4) is 0 Å². The summed E-state index contributed by atoms with van der Waals surface area (Å²) in [4.78, 5) is 14.4. The maximum Gasteiger partial charge on any atom is 0.237 e. The molecule has 1 rings (SSSR count). The van der Waals surface area contributed by atoms with Gasteiger partial charge in [0.15, 0.2) is 0 Å². The van der Waals surface area contributed by atoms with Crippen molar-refractivity contribution < 1.29 is 4.79 Å². The van der Waals surface area contributed by atoms with Crippen molar-refractivity contribution in [3.8, 4) is 0 Å². The molecule has 4 heteroatoms. The molecule has 0 spiro atoms. The number of carbonyl (C=O) groups is 1. The number of rotatable bonds is 9. The molecule has 1 heterocycles. The van der Waals surface area contributed by atoms with Crippen LogP contribution in [0, 0.1) is 0 Å². The molecule has 0 aromatic carbocycles. The van der Waals surface area contributed by atoms with E-state index in [2.05, 4.69) is 44.8 Å². The van der Waals surface area contributed by atoms with Gasteiger partial charge in [-0.05, 0) is 47.0 Å². The van der Waals surface area contributed by atoms with Crippen LogP contribution >= 0.6 is 11.6 Å². The molecule has 3 nitrogen and oxygen atoms in total. The second-order valence-electron chi connectivity index (χ2n) is 8.44. The van der Waals surface area contributed by atoms with Crippen molar-refractivity contribution in [2.75, 3.05) is 12.4 Å². The van der Waals surface area contributed by atoms with Crippen LogP contribution in [0.25, 0.3) is 0 Å². The number of alkyl halides is 1.